The maximum absolute atomic E-state index is 10.7. The Morgan fingerprint density at radius 3 is 3.00 bits per heavy atom. The third-order valence-corrected chi connectivity index (χ3v) is 1.86. The molecule has 1 aliphatic rings. The number of nitrogens with one attached hydrogen (secondary N) is 1. The largest absolute Gasteiger partial charge is 0.466 e. The molecular formula is C8H13NO3. The second-order valence-electron chi connectivity index (χ2n) is 2.93. The van der Waals surface area contributed by atoms with Crippen LogP contribution in [0.1, 0.15) is 26.2 Å². The van der Waals surface area contributed by atoms with Gasteiger partial charge >= 0.3 is 5.97 Å². The van der Waals surface area contributed by atoms with E-state index in [0.29, 0.717) is 13.0 Å². The first-order valence-electron chi connectivity index (χ1n) is 4.11. The van der Waals surface area contributed by atoms with Crippen LogP contribution in [0.4, 0.5) is 0 Å². The van der Waals surface area contributed by atoms with Crippen LogP contribution in [0.2, 0.25) is 0 Å². The van der Waals surface area contributed by atoms with Gasteiger partial charge in [-0.2, -0.15) is 0 Å². The van der Waals surface area contributed by atoms with Crippen molar-refractivity contribution in [2.75, 3.05) is 6.61 Å². The summed E-state index contributed by atoms with van der Waals surface area (Å²) in [7, 11) is 0. The molecule has 0 saturated carbocycles. The van der Waals surface area contributed by atoms with Crippen molar-refractivity contribution < 1.29 is 14.3 Å². The first-order valence-corrected chi connectivity index (χ1v) is 4.11. The Morgan fingerprint density at radius 2 is 2.50 bits per heavy atom. The Morgan fingerprint density at radius 1 is 1.75 bits per heavy atom. The highest BCUT2D eigenvalue weighted by molar-refractivity contribution is 5.78. The minimum Gasteiger partial charge on any atom is -0.466 e. The molecule has 4 nitrogen and oxygen atoms in total. The molecular weight excluding hydrogens is 158 g/mol. The molecule has 1 heterocycles. The van der Waals surface area contributed by atoms with Crippen LogP contribution in [0.3, 0.4) is 0 Å². The lowest BCUT2D eigenvalue weighted by atomic mass is 10.2. The van der Waals surface area contributed by atoms with Gasteiger partial charge in [-0.05, 0) is 6.42 Å². The minimum atomic E-state index is -0.265. The van der Waals surface area contributed by atoms with Crippen molar-refractivity contribution in [2.45, 2.75) is 32.2 Å². The van der Waals surface area contributed by atoms with E-state index in [4.69, 9.17) is 4.74 Å². The maximum Gasteiger partial charge on any atom is 0.302 e. The zero-order chi connectivity index (χ0) is 8.97. The summed E-state index contributed by atoms with van der Waals surface area (Å²) in [4.78, 5) is 21.1. The number of ether oxygens (including phenoxy) is 1. The highest BCUT2D eigenvalue weighted by Gasteiger charge is 2.20. The van der Waals surface area contributed by atoms with Crippen LogP contribution in [0.25, 0.3) is 0 Å². The predicted octanol–water partition coefficient (Wildman–Crippen LogP) is 0.218. The molecule has 0 bridgehead atoms. The Kier molecular flexibility index (Phi) is 3.08. The number of hydrogen-bond acceptors (Lipinski definition) is 3. The van der Waals surface area contributed by atoms with E-state index >= 15 is 0 Å². The van der Waals surface area contributed by atoms with E-state index in [0.717, 1.165) is 12.8 Å². The summed E-state index contributed by atoms with van der Waals surface area (Å²) in [5, 5.41) is 2.80. The quantitative estimate of drug-likeness (QED) is 0.618. The fraction of sp³-hybridized carbons (Fsp3) is 0.750. The molecule has 1 saturated heterocycles. The van der Waals surface area contributed by atoms with Crippen molar-refractivity contribution in [3.05, 3.63) is 0 Å². The summed E-state index contributed by atoms with van der Waals surface area (Å²) in [5.41, 5.74) is 0. The van der Waals surface area contributed by atoms with E-state index in [1.165, 1.54) is 6.92 Å². The maximum atomic E-state index is 10.7. The molecule has 1 aliphatic heterocycles. The molecule has 0 aromatic carbocycles. The van der Waals surface area contributed by atoms with E-state index in [2.05, 4.69) is 5.32 Å². The number of carbonyl (C=O) groups is 2. The summed E-state index contributed by atoms with van der Waals surface area (Å²) in [6, 6.07) is 0.205. The van der Waals surface area contributed by atoms with Gasteiger partial charge in [-0.3, -0.25) is 9.59 Å². The average Bonchev–Trinajstić information content (AvgIpc) is 2.35. The highest BCUT2D eigenvalue weighted by Crippen LogP contribution is 2.09. The van der Waals surface area contributed by atoms with E-state index in [-0.39, 0.29) is 17.9 Å². The SMILES string of the molecule is CC(=O)OCCC1CCC(=O)N1. The summed E-state index contributed by atoms with van der Waals surface area (Å²) in [6.07, 6.45) is 2.19. The van der Waals surface area contributed by atoms with Crippen LogP contribution in [0.15, 0.2) is 0 Å². The van der Waals surface area contributed by atoms with Gasteiger partial charge in [0.2, 0.25) is 5.91 Å². The summed E-state index contributed by atoms with van der Waals surface area (Å²) >= 11 is 0. The summed E-state index contributed by atoms with van der Waals surface area (Å²) in [6.45, 7) is 1.79. The molecule has 4 heteroatoms. The van der Waals surface area contributed by atoms with Gasteiger partial charge in [0.1, 0.15) is 0 Å². The lowest BCUT2D eigenvalue weighted by Crippen LogP contribution is -2.26. The average molecular weight is 171 g/mol. The van der Waals surface area contributed by atoms with Crippen LogP contribution in [0.5, 0.6) is 0 Å². The molecule has 0 radical (unpaired) electrons. The van der Waals surface area contributed by atoms with Crippen LogP contribution in [-0.2, 0) is 14.3 Å². The van der Waals surface area contributed by atoms with Gasteiger partial charge in [-0.25, -0.2) is 0 Å². The van der Waals surface area contributed by atoms with Gasteiger partial charge in [0.25, 0.3) is 0 Å². The predicted molar refractivity (Wildman–Crippen MR) is 42.4 cm³/mol. The Labute approximate surface area is 71.3 Å². The highest BCUT2D eigenvalue weighted by atomic mass is 16.5. The monoisotopic (exact) mass is 171 g/mol. The molecule has 0 aliphatic carbocycles. The first kappa shape index (κ1) is 9.03. The normalized spacial score (nSPS) is 22.1. The number of carbonyl (C=O) groups excluding carboxylic acids is 2. The molecule has 0 spiro atoms. The molecule has 1 amide bonds. The van der Waals surface area contributed by atoms with Crippen LogP contribution >= 0.6 is 0 Å². The van der Waals surface area contributed by atoms with Crippen molar-refractivity contribution in [3.63, 3.8) is 0 Å². The molecule has 68 valence electrons. The van der Waals surface area contributed by atoms with Gasteiger partial charge in [0, 0.05) is 25.8 Å². The number of esters is 1. The van der Waals surface area contributed by atoms with Gasteiger partial charge in [-0.1, -0.05) is 0 Å². The Bertz CT molecular complexity index is 191. The Balaban J connectivity index is 2.08. The van der Waals surface area contributed by atoms with E-state index in [1.807, 2.05) is 0 Å². The molecule has 12 heavy (non-hydrogen) atoms. The lowest BCUT2D eigenvalue weighted by molar-refractivity contribution is -0.141. The molecule has 1 atom stereocenters. The second kappa shape index (κ2) is 4.09. The molecule has 1 unspecified atom stereocenters. The lowest BCUT2D eigenvalue weighted by Gasteiger charge is -2.08. The standard InChI is InChI=1S/C8H13NO3/c1-6(10)12-5-4-7-2-3-8(11)9-7/h7H,2-5H2,1H3,(H,9,11). The van der Waals surface area contributed by atoms with Crippen LogP contribution in [0, 0.1) is 0 Å². The van der Waals surface area contributed by atoms with Crippen molar-refractivity contribution >= 4 is 11.9 Å². The zero-order valence-electron chi connectivity index (χ0n) is 7.13. The summed E-state index contributed by atoms with van der Waals surface area (Å²) in [5.74, 6) is -0.165. The minimum absolute atomic E-state index is 0.0998. The van der Waals surface area contributed by atoms with Crippen molar-refractivity contribution in [1.82, 2.24) is 5.32 Å². The molecule has 1 fully saturated rings. The van der Waals surface area contributed by atoms with Crippen LogP contribution < -0.4 is 5.32 Å². The fourth-order valence-corrected chi connectivity index (χ4v) is 1.24. The number of hydrogen-bond donors (Lipinski definition) is 1. The van der Waals surface area contributed by atoms with Gasteiger partial charge in [-0.15, -0.1) is 0 Å². The van der Waals surface area contributed by atoms with Gasteiger partial charge in [0.15, 0.2) is 0 Å². The molecule has 1 N–H and O–H groups in total. The summed E-state index contributed by atoms with van der Waals surface area (Å²) < 4.78 is 4.75. The third-order valence-electron chi connectivity index (χ3n) is 1.86. The van der Waals surface area contributed by atoms with Crippen LogP contribution in [-0.4, -0.2) is 24.5 Å². The number of rotatable bonds is 3. The van der Waals surface area contributed by atoms with E-state index in [9.17, 15) is 9.59 Å². The first-order chi connectivity index (χ1) is 5.68. The van der Waals surface area contributed by atoms with Crippen molar-refractivity contribution in [2.24, 2.45) is 0 Å². The fourth-order valence-electron chi connectivity index (χ4n) is 1.24. The second-order valence-corrected chi connectivity index (χ2v) is 2.93. The zero-order valence-corrected chi connectivity index (χ0v) is 7.13. The van der Waals surface area contributed by atoms with Gasteiger partial charge in [0.05, 0.1) is 6.61 Å². The van der Waals surface area contributed by atoms with Gasteiger partial charge < -0.3 is 10.1 Å². The smallest absolute Gasteiger partial charge is 0.302 e. The van der Waals surface area contributed by atoms with E-state index in [1.54, 1.807) is 0 Å². The molecule has 1 rings (SSSR count). The van der Waals surface area contributed by atoms with Crippen molar-refractivity contribution in [3.8, 4) is 0 Å². The number of amides is 1. The van der Waals surface area contributed by atoms with Crippen molar-refractivity contribution in [1.29, 1.82) is 0 Å². The molecule has 0 aromatic heterocycles. The molecule has 0 aromatic rings. The van der Waals surface area contributed by atoms with E-state index < -0.39 is 0 Å². The third kappa shape index (κ3) is 2.90. The topological polar surface area (TPSA) is 55.4 Å². The Hall–Kier alpha value is -1.06.